The van der Waals surface area contributed by atoms with Crippen LogP contribution in [0.2, 0.25) is 0 Å². The molecular weight excluding hydrogens is 450 g/mol. The highest BCUT2D eigenvalue weighted by molar-refractivity contribution is 6.06. The largest absolute Gasteiger partial charge is 0.493 e. The molecule has 0 radical (unpaired) electrons. The van der Waals surface area contributed by atoms with E-state index in [1.54, 1.807) is 36.7 Å². The fraction of sp³-hybridized carbons (Fsp3) is 0.231. The summed E-state index contributed by atoms with van der Waals surface area (Å²) in [4.78, 5) is 35.2. The first-order valence-electron chi connectivity index (χ1n) is 10.7. The molecule has 0 bridgehead atoms. The molecule has 0 aliphatic carbocycles. The number of hydrogen-bond acceptors (Lipinski definition) is 8. The van der Waals surface area contributed by atoms with Gasteiger partial charge in [-0.15, -0.1) is 0 Å². The van der Waals surface area contributed by atoms with Crippen molar-refractivity contribution in [2.75, 3.05) is 28.4 Å². The van der Waals surface area contributed by atoms with Crippen molar-refractivity contribution in [2.45, 2.75) is 13.5 Å². The van der Waals surface area contributed by atoms with E-state index >= 15 is 0 Å². The van der Waals surface area contributed by atoms with Crippen LogP contribution in [0.25, 0.3) is 21.9 Å². The molecule has 3 aromatic heterocycles. The van der Waals surface area contributed by atoms with Gasteiger partial charge in [-0.05, 0) is 48.4 Å². The molecule has 0 atom stereocenters. The summed E-state index contributed by atoms with van der Waals surface area (Å²) in [5.74, 6) is 0.560. The summed E-state index contributed by atoms with van der Waals surface area (Å²) >= 11 is 0. The first-order valence-corrected chi connectivity index (χ1v) is 10.7. The second-order valence-corrected chi connectivity index (χ2v) is 7.75. The number of carbonyl (C=O) groups excluding carboxylic acids is 1. The minimum absolute atomic E-state index is 0.0972. The standard InChI is InChI=1S/C26H25N3O6/c1-15-10-16(6-9-28-15)14-29-23(26(31)35-5)22(18-7-8-27-13-19(18)25(29)30)17-11-20(32-2)24(34-4)21(12-17)33-3/h6-13H,14H2,1-5H3. The second kappa shape index (κ2) is 9.84. The Morgan fingerprint density at radius 2 is 1.66 bits per heavy atom. The molecule has 9 heteroatoms. The van der Waals surface area contributed by atoms with Crippen molar-refractivity contribution < 1.29 is 23.7 Å². The maximum Gasteiger partial charge on any atom is 0.355 e. The van der Waals surface area contributed by atoms with Gasteiger partial charge in [0.05, 0.1) is 40.4 Å². The van der Waals surface area contributed by atoms with Crippen LogP contribution in [0.3, 0.4) is 0 Å². The molecular formula is C26H25N3O6. The van der Waals surface area contributed by atoms with E-state index in [0.717, 1.165) is 11.3 Å². The Kier molecular flexibility index (Phi) is 6.68. The van der Waals surface area contributed by atoms with Crippen molar-refractivity contribution in [1.82, 2.24) is 14.5 Å². The van der Waals surface area contributed by atoms with Crippen molar-refractivity contribution in [2.24, 2.45) is 0 Å². The van der Waals surface area contributed by atoms with Crippen molar-refractivity contribution in [3.05, 3.63) is 76.2 Å². The van der Waals surface area contributed by atoms with Gasteiger partial charge in [0.2, 0.25) is 5.75 Å². The van der Waals surface area contributed by atoms with Crippen LogP contribution in [0.5, 0.6) is 17.2 Å². The summed E-state index contributed by atoms with van der Waals surface area (Å²) in [5.41, 5.74) is 2.40. The van der Waals surface area contributed by atoms with Crippen LogP contribution in [0.1, 0.15) is 21.7 Å². The van der Waals surface area contributed by atoms with E-state index < -0.39 is 5.97 Å². The van der Waals surface area contributed by atoms with Gasteiger partial charge in [-0.3, -0.25) is 19.3 Å². The number of nitrogens with zero attached hydrogens (tertiary/aromatic N) is 3. The third-order valence-corrected chi connectivity index (χ3v) is 5.71. The normalized spacial score (nSPS) is 10.8. The molecule has 35 heavy (non-hydrogen) atoms. The molecule has 0 aliphatic rings. The van der Waals surface area contributed by atoms with Crippen molar-refractivity contribution in [3.63, 3.8) is 0 Å². The number of methoxy groups -OCH3 is 4. The summed E-state index contributed by atoms with van der Waals surface area (Å²) in [7, 11) is 5.81. The Balaban J connectivity index is 2.14. The maximum atomic E-state index is 13.6. The van der Waals surface area contributed by atoms with Crippen LogP contribution in [0.4, 0.5) is 0 Å². The molecule has 0 aliphatic heterocycles. The van der Waals surface area contributed by atoms with Gasteiger partial charge in [-0.2, -0.15) is 0 Å². The second-order valence-electron chi connectivity index (χ2n) is 7.75. The lowest BCUT2D eigenvalue weighted by Crippen LogP contribution is -2.28. The number of aryl methyl sites for hydroxylation is 1. The Morgan fingerprint density at radius 3 is 2.26 bits per heavy atom. The lowest BCUT2D eigenvalue weighted by atomic mass is 9.96. The monoisotopic (exact) mass is 475 g/mol. The topological polar surface area (TPSA) is 102 Å². The number of benzene rings is 1. The molecule has 4 aromatic rings. The molecule has 0 saturated carbocycles. The van der Waals surface area contributed by atoms with E-state index in [9.17, 15) is 9.59 Å². The minimum Gasteiger partial charge on any atom is -0.493 e. The fourth-order valence-corrected chi connectivity index (χ4v) is 4.15. The van der Waals surface area contributed by atoms with Gasteiger partial charge in [-0.1, -0.05) is 0 Å². The van der Waals surface area contributed by atoms with Crippen molar-refractivity contribution in [3.8, 4) is 28.4 Å². The summed E-state index contributed by atoms with van der Waals surface area (Å²) in [6, 6.07) is 8.82. The zero-order valence-electron chi connectivity index (χ0n) is 20.1. The van der Waals surface area contributed by atoms with E-state index in [4.69, 9.17) is 18.9 Å². The van der Waals surface area contributed by atoms with Crippen LogP contribution in [-0.4, -0.2) is 48.9 Å². The smallest absolute Gasteiger partial charge is 0.355 e. The molecule has 1 aromatic carbocycles. The number of fused-ring (bicyclic) bond motifs is 1. The molecule has 0 N–H and O–H groups in total. The molecule has 4 rings (SSSR count). The van der Waals surface area contributed by atoms with E-state index in [1.165, 1.54) is 39.2 Å². The number of esters is 1. The van der Waals surface area contributed by atoms with E-state index in [2.05, 4.69) is 9.97 Å². The lowest BCUT2D eigenvalue weighted by Gasteiger charge is -2.20. The van der Waals surface area contributed by atoms with Crippen molar-refractivity contribution in [1.29, 1.82) is 0 Å². The number of pyridine rings is 3. The molecule has 180 valence electrons. The van der Waals surface area contributed by atoms with Gasteiger partial charge < -0.3 is 18.9 Å². The van der Waals surface area contributed by atoms with Crippen molar-refractivity contribution >= 4 is 16.7 Å². The minimum atomic E-state index is -0.657. The predicted octanol–water partition coefficient (Wildman–Crippen LogP) is 3.63. The summed E-state index contributed by atoms with van der Waals surface area (Å²) in [6.07, 6.45) is 4.73. The van der Waals surface area contributed by atoms with E-state index in [-0.39, 0.29) is 17.8 Å². The Hall–Kier alpha value is -4.40. The zero-order valence-corrected chi connectivity index (χ0v) is 20.1. The molecule has 0 saturated heterocycles. The van der Waals surface area contributed by atoms with Gasteiger partial charge in [0.1, 0.15) is 5.69 Å². The average Bonchev–Trinajstić information content (AvgIpc) is 2.88. The fourth-order valence-electron chi connectivity index (χ4n) is 4.15. The molecule has 0 amide bonds. The number of aromatic nitrogens is 3. The zero-order chi connectivity index (χ0) is 25.1. The molecule has 0 fully saturated rings. The first-order chi connectivity index (χ1) is 16.9. The first kappa shape index (κ1) is 23.7. The van der Waals surface area contributed by atoms with Gasteiger partial charge in [0, 0.05) is 35.2 Å². The van der Waals surface area contributed by atoms with Crippen LogP contribution < -0.4 is 19.8 Å². The highest BCUT2D eigenvalue weighted by Gasteiger charge is 2.26. The SMILES string of the molecule is COC(=O)c1c(-c2cc(OC)c(OC)c(OC)c2)c2ccncc2c(=O)n1Cc1ccnc(C)c1. The predicted molar refractivity (Wildman–Crippen MR) is 131 cm³/mol. The summed E-state index contributed by atoms with van der Waals surface area (Å²) in [5, 5.41) is 0.900. The van der Waals surface area contributed by atoms with Crippen LogP contribution >= 0.6 is 0 Å². The Labute approximate surface area is 201 Å². The van der Waals surface area contributed by atoms with Gasteiger partial charge in [0.25, 0.3) is 5.56 Å². The Morgan fingerprint density at radius 1 is 0.943 bits per heavy atom. The average molecular weight is 476 g/mol. The molecule has 0 unspecified atom stereocenters. The van der Waals surface area contributed by atoms with E-state index in [0.29, 0.717) is 39.1 Å². The third-order valence-electron chi connectivity index (χ3n) is 5.71. The summed E-state index contributed by atoms with van der Waals surface area (Å²) < 4.78 is 23.1. The molecule has 9 nitrogen and oxygen atoms in total. The van der Waals surface area contributed by atoms with Gasteiger partial charge >= 0.3 is 5.97 Å². The van der Waals surface area contributed by atoms with Crippen LogP contribution in [0, 0.1) is 6.92 Å². The van der Waals surface area contributed by atoms with Crippen LogP contribution in [-0.2, 0) is 11.3 Å². The number of ether oxygens (including phenoxy) is 4. The third kappa shape index (κ3) is 4.28. The molecule has 0 spiro atoms. The van der Waals surface area contributed by atoms with Crippen LogP contribution in [0.15, 0.2) is 53.7 Å². The summed E-state index contributed by atoms with van der Waals surface area (Å²) in [6.45, 7) is 1.99. The quantitative estimate of drug-likeness (QED) is 0.374. The van der Waals surface area contributed by atoms with Gasteiger partial charge in [0.15, 0.2) is 11.5 Å². The lowest BCUT2D eigenvalue weighted by molar-refractivity contribution is 0.0588. The number of rotatable bonds is 7. The number of hydrogen-bond donors (Lipinski definition) is 0. The van der Waals surface area contributed by atoms with Gasteiger partial charge in [-0.25, -0.2) is 4.79 Å². The van der Waals surface area contributed by atoms with E-state index in [1.807, 2.05) is 13.0 Å². The number of carbonyl (C=O) groups is 1. The highest BCUT2D eigenvalue weighted by atomic mass is 16.5. The Bertz CT molecular complexity index is 1450. The highest BCUT2D eigenvalue weighted by Crippen LogP contribution is 2.43. The molecule has 3 heterocycles. The maximum absolute atomic E-state index is 13.6.